The zero-order valence-corrected chi connectivity index (χ0v) is 15.6. The second-order valence-electron chi connectivity index (χ2n) is 7.15. The van der Waals surface area contributed by atoms with Gasteiger partial charge in [-0.25, -0.2) is 0 Å². The summed E-state index contributed by atoms with van der Waals surface area (Å²) >= 11 is 0. The SMILES string of the molecule is O=C(Nc1cc(Cc2ccccc2)ccc1O)c1ccn(C2CCCNC2)n1. The maximum Gasteiger partial charge on any atom is 0.276 e. The third-order valence-electron chi connectivity index (χ3n) is 5.05. The van der Waals surface area contributed by atoms with E-state index in [9.17, 15) is 9.90 Å². The molecule has 1 fully saturated rings. The Morgan fingerprint density at radius 2 is 2.04 bits per heavy atom. The Bertz CT molecular complexity index is 946. The number of phenolic OH excluding ortho intramolecular Hbond substituents is 1. The van der Waals surface area contributed by atoms with Gasteiger partial charge in [-0.1, -0.05) is 36.4 Å². The van der Waals surface area contributed by atoms with E-state index in [1.165, 1.54) is 5.56 Å². The third kappa shape index (κ3) is 4.23. The lowest BCUT2D eigenvalue weighted by Crippen LogP contribution is -2.32. The maximum absolute atomic E-state index is 12.6. The first-order valence-electron chi connectivity index (χ1n) is 9.62. The van der Waals surface area contributed by atoms with Crippen LogP contribution in [0.25, 0.3) is 0 Å². The van der Waals surface area contributed by atoms with Gasteiger partial charge < -0.3 is 15.7 Å². The molecule has 2 heterocycles. The van der Waals surface area contributed by atoms with E-state index < -0.39 is 0 Å². The lowest BCUT2D eigenvalue weighted by Gasteiger charge is -2.22. The topological polar surface area (TPSA) is 79.2 Å². The zero-order chi connectivity index (χ0) is 19.3. The van der Waals surface area contributed by atoms with Crippen LogP contribution in [0.5, 0.6) is 5.75 Å². The molecule has 2 aromatic carbocycles. The van der Waals surface area contributed by atoms with E-state index in [4.69, 9.17) is 0 Å². The zero-order valence-electron chi connectivity index (χ0n) is 15.6. The molecule has 1 aliphatic heterocycles. The second kappa shape index (κ2) is 8.27. The number of carbonyl (C=O) groups excluding carboxylic acids is 1. The Kier molecular flexibility index (Phi) is 5.39. The smallest absolute Gasteiger partial charge is 0.276 e. The summed E-state index contributed by atoms with van der Waals surface area (Å²) in [6, 6.07) is 17.4. The van der Waals surface area contributed by atoms with Gasteiger partial charge in [0.05, 0.1) is 11.7 Å². The Hall–Kier alpha value is -3.12. The molecule has 1 aromatic heterocycles. The molecule has 1 unspecified atom stereocenters. The summed E-state index contributed by atoms with van der Waals surface area (Å²) in [4.78, 5) is 12.6. The average molecular weight is 376 g/mol. The molecule has 4 rings (SSSR count). The number of carbonyl (C=O) groups is 1. The van der Waals surface area contributed by atoms with Crippen molar-refractivity contribution in [3.8, 4) is 5.75 Å². The third-order valence-corrected chi connectivity index (χ3v) is 5.05. The number of amides is 1. The number of benzene rings is 2. The molecule has 28 heavy (non-hydrogen) atoms. The first-order valence-corrected chi connectivity index (χ1v) is 9.62. The van der Waals surface area contributed by atoms with Crippen LogP contribution in [0.3, 0.4) is 0 Å². The molecule has 6 heteroatoms. The Balaban J connectivity index is 1.46. The Labute approximate surface area is 164 Å². The van der Waals surface area contributed by atoms with Gasteiger partial charge in [0.1, 0.15) is 5.75 Å². The van der Waals surface area contributed by atoms with Crippen LogP contribution in [0.15, 0.2) is 60.8 Å². The van der Waals surface area contributed by atoms with Gasteiger partial charge in [0, 0.05) is 12.7 Å². The molecule has 1 aliphatic rings. The summed E-state index contributed by atoms with van der Waals surface area (Å²) in [7, 11) is 0. The monoisotopic (exact) mass is 376 g/mol. The van der Waals surface area contributed by atoms with Gasteiger partial charge in [0.25, 0.3) is 5.91 Å². The summed E-state index contributed by atoms with van der Waals surface area (Å²) in [5, 5.41) is 20.7. The van der Waals surface area contributed by atoms with Crippen molar-refractivity contribution < 1.29 is 9.90 Å². The van der Waals surface area contributed by atoms with Crippen molar-refractivity contribution in [1.82, 2.24) is 15.1 Å². The van der Waals surface area contributed by atoms with Crippen LogP contribution in [0.4, 0.5) is 5.69 Å². The number of phenols is 1. The quantitative estimate of drug-likeness (QED) is 0.597. The fourth-order valence-electron chi connectivity index (χ4n) is 3.53. The van der Waals surface area contributed by atoms with Gasteiger partial charge in [-0.05, 0) is 55.1 Å². The predicted octanol–water partition coefficient (Wildman–Crippen LogP) is 3.36. The highest BCUT2D eigenvalue weighted by atomic mass is 16.3. The predicted molar refractivity (Wildman–Crippen MR) is 109 cm³/mol. The van der Waals surface area contributed by atoms with E-state index in [-0.39, 0.29) is 17.7 Å². The molecule has 1 saturated heterocycles. The Morgan fingerprint density at radius 3 is 2.82 bits per heavy atom. The van der Waals surface area contributed by atoms with Crippen LogP contribution >= 0.6 is 0 Å². The Morgan fingerprint density at radius 1 is 1.18 bits per heavy atom. The van der Waals surface area contributed by atoms with E-state index >= 15 is 0 Å². The summed E-state index contributed by atoms with van der Waals surface area (Å²) in [6.07, 6.45) is 4.73. The molecular formula is C22H24N4O2. The minimum atomic E-state index is -0.324. The molecule has 6 nitrogen and oxygen atoms in total. The number of rotatable bonds is 5. The molecule has 1 atom stereocenters. The van der Waals surface area contributed by atoms with Crippen molar-refractivity contribution >= 4 is 11.6 Å². The fraction of sp³-hybridized carbons (Fsp3) is 0.273. The van der Waals surface area contributed by atoms with Crippen molar-refractivity contribution in [3.63, 3.8) is 0 Å². The number of aromatic nitrogens is 2. The van der Waals surface area contributed by atoms with E-state index in [0.29, 0.717) is 11.4 Å². The second-order valence-corrected chi connectivity index (χ2v) is 7.15. The molecule has 0 spiro atoms. The van der Waals surface area contributed by atoms with Crippen molar-refractivity contribution in [2.75, 3.05) is 18.4 Å². The highest BCUT2D eigenvalue weighted by Gasteiger charge is 2.18. The number of nitrogens with zero attached hydrogens (tertiary/aromatic N) is 2. The number of aromatic hydroxyl groups is 1. The van der Waals surface area contributed by atoms with E-state index in [1.807, 2.05) is 41.2 Å². The number of hydrogen-bond donors (Lipinski definition) is 3. The van der Waals surface area contributed by atoms with Crippen molar-refractivity contribution in [2.45, 2.75) is 25.3 Å². The van der Waals surface area contributed by atoms with E-state index in [0.717, 1.165) is 37.9 Å². The lowest BCUT2D eigenvalue weighted by atomic mass is 10.0. The lowest BCUT2D eigenvalue weighted by molar-refractivity contribution is 0.102. The molecule has 0 saturated carbocycles. The van der Waals surface area contributed by atoms with Gasteiger partial charge >= 0.3 is 0 Å². The molecule has 3 aromatic rings. The molecule has 0 radical (unpaired) electrons. The molecule has 0 aliphatic carbocycles. The van der Waals surface area contributed by atoms with Gasteiger partial charge in [-0.2, -0.15) is 5.10 Å². The molecule has 144 valence electrons. The van der Waals surface area contributed by atoms with Gasteiger partial charge in [-0.15, -0.1) is 0 Å². The van der Waals surface area contributed by atoms with Gasteiger partial charge in [-0.3, -0.25) is 9.48 Å². The van der Waals surface area contributed by atoms with Crippen LogP contribution in [0.1, 0.15) is 40.5 Å². The number of hydrogen-bond acceptors (Lipinski definition) is 4. The molecule has 3 N–H and O–H groups in total. The summed E-state index contributed by atoms with van der Waals surface area (Å²) < 4.78 is 1.85. The minimum absolute atomic E-state index is 0.0427. The van der Waals surface area contributed by atoms with Crippen LogP contribution in [0.2, 0.25) is 0 Å². The maximum atomic E-state index is 12.6. The minimum Gasteiger partial charge on any atom is -0.506 e. The van der Waals surface area contributed by atoms with Crippen molar-refractivity contribution in [2.24, 2.45) is 0 Å². The summed E-state index contributed by atoms with van der Waals surface area (Å²) in [6.45, 7) is 1.90. The van der Waals surface area contributed by atoms with Crippen molar-refractivity contribution in [3.05, 3.63) is 77.6 Å². The first kappa shape index (κ1) is 18.3. The normalized spacial score (nSPS) is 16.6. The number of piperidine rings is 1. The van der Waals surface area contributed by atoms with Crippen LogP contribution in [-0.4, -0.2) is 33.9 Å². The van der Waals surface area contributed by atoms with Crippen LogP contribution in [-0.2, 0) is 6.42 Å². The van der Waals surface area contributed by atoms with E-state index in [2.05, 4.69) is 27.9 Å². The average Bonchev–Trinajstić information content (AvgIpc) is 3.22. The highest BCUT2D eigenvalue weighted by molar-refractivity contribution is 6.03. The first-order chi connectivity index (χ1) is 13.7. The highest BCUT2D eigenvalue weighted by Crippen LogP contribution is 2.26. The fourth-order valence-corrected chi connectivity index (χ4v) is 3.53. The standard InChI is InChI=1S/C22H24N4O2/c27-21-9-8-17(13-16-5-2-1-3-6-16)14-20(21)24-22(28)19-10-12-26(25-19)18-7-4-11-23-15-18/h1-3,5-6,8-10,12,14,18,23,27H,4,7,11,13,15H2,(H,24,28). The molecule has 0 bridgehead atoms. The largest absolute Gasteiger partial charge is 0.506 e. The summed E-state index contributed by atoms with van der Waals surface area (Å²) in [5.74, 6) is -0.282. The van der Waals surface area contributed by atoms with Crippen molar-refractivity contribution in [1.29, 1.82) is 0 Å². The van der Waals surface area contributed by atoms with Gasteiger partial charge in [0.2, 0.25) is 0 Å². The van der Waals surface area contributed by atoms with E-state index in [1.54, 1.807) is 12.1 Å². The summed E-state index contributed by atoms with van der Waals surface area (Å²) in [5.41, 5.74) is 2.93. The van der Waals surface area contributed by atoms with Crippen LogP contribution in [0, 0.1) is 0 Å². The van der Waals surface area contributed by atoms with Crippen LogP contribution < -0.4 is 10.6 Å². The number of anilines is 1. The van der Waals surface area contributed by atoms with Gasteiger partial charge in [0.15, 0.2) is 5.69 Å². The molecule has 1 amide bonds. The molecular weight excluding hydrogens is 352 g/mol. The number of nitrogens with one attached hydrogen (secondary N) is 2.